The highest BCUT2D eigenvalue weighted by molar-refractivity contribution is 5.71. The Morgan fingerprint density at radius 2 is 0.418 bits per heavy atom. The van der Waals surface area contributed by atoms with Gasteiger partial charge in [0, 0.05) is 19.3 Å². The Hall–Kier alpha value is -1.85. The fraction of sp³-hybridized carbons (Fsp3) is 0.932. The Kier molecular flexibility index (Phi) is 67.0. The minimum absolute atomic E-state index is 0.0639. The van der Waals surface area contributed by atoms with Gasteiger partial charge in [0.25, 0.3) is 0 Å². The molecule has 0 bridgehead atoms. The van der Waals surface area contributed by atoms with Gasteiger partial charge in [0.15, 0.2) is 6.10 Å². The summed E-state index contributed by atoms with van der Waals surface area (Å²) in [5, 5.41) is 0. The SMILES string of the molecule is CCCCCCCC/C=C\CCCCCCCCCCCC(=O)OC(COC(=O)CCCCCCCCCCCCCCC)COC(=O)CCCCCCCCCCCCCCCCCCCCCCCCCCCCCCC. The van der Waals surface area contributed by atoms with Crippen LogP contribution in [0.25, 0.3) is 0 Å². The van der Waals surface area contributed by atoms with Crippen molar-refractivity contribution in [2.24, 2.45) is 0 Å². The largest absolute Gasteiger partial charge is 0.462 e. The summed E-state index contributed by atoms with van der Waals surface area (Å²) in [6.07, 6.45) is 82.5. The third-order valence-corrected chi connectivity index (χ3v) is 16.8. The van der Waals surface area contributed by atoms with E-state index in [4.69, 9.17) is 14.2 Å². The second-order valence-corrected chi connectivity index (χ2v) is 24.9. The van der Waals surface area contributed by atoms with Gasteiger partial charge in [-0.05, 0) is 44.9 Å². The van der Waals surface area contributed by atoms with E-state index in [1.165, 1.54) is 321 Å². The molecule has 0 fully saturated rings. The third-order valence-electron chi connectivity index (χ3n) is 16.8. The van der Waals surface area contributed by atoms with E-state index in [1.807, 2.05) is 0 Å². The molecule has 0 amide bonds. The minimum Gasteiger partial charge on any atom is -0.462 e. The molecule has 0 aromatic heterocycles. The summed E-state index contributed by atoms with van der Waals surface area (Å²) >= 11 is 0. The molecule has 1 unspecified atom stereocenters. The van der Waals surface area contributed by atoms with Gasteiger partial charge >= 0.3 is 17.9 Å². The van der Waals surface area contributed by atoms with E-state index in [1.54, 1.807) is 0 Å². The smallest absolute Gasteiger partial charge is 0.306 e. The third kappa shape index (κ3) is 66.8. The number of rotatable bonds is 68. The van der Waals surface area contributed by atoms with Gasteiger partial charge in [-0.15, -0.1) is 0 Å². The maximum absolute atomic E-state index is 12.9. The Labute approximate surface area is 494 Å². The van der Waals surface area contributed by atoms with Crippen LogP contribution in [0, 0.1) is 0 Å². The van der Waals surface area contributed by atoms with Crippen LogP contribution in [0.4, 0.5) is 0 Å². The second kappa shape index (κ2) is 68.6. The van der Waals surface area contributed by atoms with Crippen molar-refractivity contribution >= 4 is 17.9 Å². The lowest BCUT2D eigenvalue weighted by Crippen LogP contribution is -2.30. The molecule has 1 atom stereocenters. The first-order chi connectivity index (χ1) is 39.0. The van der Waals surface area contributed by atoms with Crippen molar-refractivity contribution in [2.75, 3.05) is 13.2 Å². The monoisotopic (exact) mass is 1110 g/mol. The van der Waals surface area contributed by atoms with Crippen LogP contribution in [-0.4, -0.2) is 37.2 Å². The fourth-order valence-corrected chi connectivity index (χ4v) is 11.3. The van der Waals surface area contributed by atoms with Crippen molar-refractivity contribution in [3.63, 3.8) is 0 Å². The number of carbonyl (C=O) groups is 3. The van der Waals surface area contributed by atoms with Crippen LogP contribution in [0.2, 0.25) is 0 Å². The van der Waals surface area contributed by atoms with E-state index < -0.39 is 6.10 Å². The van der Waals surface area contributed by atoms with Crippen molar-refractivity contribution in [3.8, 4) is 0 Å². The van der Waals surface area contributed by atoms with Crippen LogP contribution in [0.3, 0.4) is 0 Å². The van der Waals surface area contributed by atoms with E-state index in [0.29, 0.717) is 19.3 Å². The molecule has 0 saturated carbocycles. The number of allylic oxidation sites excluding steroid dienone is 2. The van der Waals surface area contributed by atoms with E-state index in [-0.39, 0.29) is 31.1 Å². The highest BCUT2D eigenvalue weighted by atomic mass is 16.6. The lowest BCUT2D eigenvalue weighted by Gasteiger charge is -2.18. The average molecular weight is 1110 g/mol. The molecule has 0 aliphatic heterocycles. The zero-order valence-corrected chi connectivity index (χ0v) is 53.9. The van der Waals surface area contributed by atoms with Gasteiger partial charge in [-0.2, -0.15) is 0 Å². The molecule has 0 aromatic carbocycles. The van der Waals surface area contributed by atoms with Crippen LogP contribution in [0.1, 0.15) is 419 Å². The van der Waals surface area contributed by atoms with Crippen molar-refractivity contribution in [2.45, 2.75) is 425 Å². The molecule has 0 aliphatic rings. The van der Waals surface area contributed by atoms with E-state index in [2.05, 4.69) is 32.9 Å². The molecule has 0 radical (unpaired) electrons. The lowest BCUT2D eigenvalue weighted by atomic mass is 10.0. The van der Waals surface area contributed by atoms with E-state index >= 15 is 0 Å². The van der Waals surface area contributed by atoms with Crippen LogP contribution in [0.5, 0.6) is 0 Å². The summed E-state index contributed by atoms with van der Waals surface area (Å²) in [4.78, 5) is 38.4. The van der Waals surface area contributed by atoms with Gasteiger partial charge < -0.3 is 14.2 Å². The summed E-state index contributed by atoms with van der Waals surface area (Å²) in [5.41, 5.74) is 0. The maximum atomic E-state index is 12.9. The van der Waals surface area contributed by atoms with Gasteiger partial charge in [0.2, 0.25) is 0 Å². The maximum Gasteiger partial charge on any atom is 0.306 e. The summed E-state index contributed by atoms with van der Waals surface area (Å²) < 4.78 is 17.0. The quantitative estimate of drug-likeness (QED) is 0.0261. The number of hydrogen-bond acceptors (Lipinski definition) is 6. The number of esters is 3. The molecular formula is C73H140O6. The minimum atomic E-state index is -0.767. The fourth-order valence-electron chi connectivity index (χ4n) is 11.3. The second-order valence-electron chi connectivity index (χ2n) is 24.9. The molecular weight excluding hydrogens is 973 g/mol. The standard InChI is InChI=1S/C73H140O6/c1-4-7-10-13-16-19-22-25-27-29-31-32-33-34-35-36-37-38-39-40-42-43-45-48-51-54-57-60-63-66-72(75)78-69-70(68-77-71(74)65-62-59-56-53-50-47-24-21-18-15-12-9-6-3)79-73(76)67-64-61-58-55-52-49-46-44-41-30-28-26-23-20-17-14-11-8-5-2/h26,28,70H,4-25,27,29-69H2,1-3H3/b28-26-. The van der Waals surface area contributed by atoms with Crippen molar-refractivity contribution in [1.82, 2.24) is 0 Å². The highest BCUT2D eigenvalue weighted by Gasteiger charge is 2.19. The first-order valence-corrected chi connectivity index (χ1v) is 36.2. The molecule has 0 spiro atoms. The Bertz CT molecular complexity index is 1230. The predicted molar refractivity (Wildman–Crippen MR) is 344 cm³/mol. The molecule has 0 aliphatic carbocycles. The van der Waals surface area contributed by atoms with Gasteiger partial charge in [-0.25, -0.2) is 0 Å². The van der Waals surface area contributed by atoms with Crippen LogP contribution >= 0.6 is 0 Å². The Balaban J connectivity index is 4.15. The number of carbonyl (C=O) groups excluding carboxylic acids is 3. The lowest BCUT2D eigenvalue weighted by molar-refractivity contribution is -0.167. The van der Waals surface area contributed by atoms with Crippen LogP contribution < -0.4 is 0 Å². The molecule has 0 rings (SSSR count). The zero-order chi connectivity index (χ0) is 57.1. The molecule has 0 aromatic rings. The first kappa shape index (κ1) is 77.2. The number of unbranched alkanes of at least 4 members (excludes halogenated alkanes) is 55. The normalized spacial score (nSPS) is 12.0. The molecule has 0 saturated heterocycles. The highest BCUT2D eigenvalue weighted by Crippen LogP contribution is 2.19. The van der Waals surface area contributed by atoms with Crippen molar-refractivity contribution < 1.29 is 28.6 Å². The Morgan fingerprint density at radius 1 is 0.241 bits per heavy atom. The van der Waals surface area contributed by atoms with Gasteiger partial charge in [-0.3, -0.25) is 14.4 Å². The number of hydrogen-bond donors (Lipinski definition) is 0. The molecule has 6 heteroatoms. The molecule has 79 heavy (non-hydrogen) atoms. The topological polar surface area (TPSA) is 78.9 Å². The molecule has 6 nitrogen and oxygen atoms in total. The molecule has 0 heterocycles. The van der Waals surface area contributed by atoms with E-state index in [9.17, 15) is 14.4 Å². The van der Waals surface area contributed by atoms with Crippen LogP contribution in [-0.2, 0) is 28.6 Å². The molecule has 0 N–H and O–H groups in total. The Morgan fingerprint density at radius 3 is 0.633 bits per heavy atom. The average Bonchev–Trinajstić information content (AvgIpc) is 3.45. The van der Waals surface area contributed by atoms with Crippen LogP contribution in [0.15, 0.2) is 12.2 Å². The summed E-state index contributed by atoms with van der Waals surface area (Å²) in [5.74, 6) is -0.831. The number of ether oxygens (including phenoxy) is 3. The predicted octanol–water partition coefficient (Wildman–Crippen LogP) is 24.8. The first-order valence-electron chi connectivity index (χ1n) is 36.2. The van der Waals surface area contributed by atoms with Crippen molar-refractivity contribution in [3.05, 3.63) is 12.2 Å². The molecule has 468 valence electrons. The zero-order valence-electron chi connectivity index (χ0n) is 53.9. The van der Waals surface area contributed by atoms with Gasteiger partial charge in [0.1, 0.15) is 13.2 Å². The van der Waals surface area contributed by atoms with Gasteiger partial charge in [-0.1, -0.05) is 367 Å². The van der Waals surface area contributed by atoms with Crippen molar-refractivity contribution in [1.29, 1.82) is 0 Å². The summed E-state index contributed by atoms with van der Waals surface area (Å²) in [7, 11) is 0. The summed E-state index contributed by atoms with van der Waals surface area (Å²) in [6.45, 7) is 6.72. The summed E-state index contributed by atoms with van der Waals surface area (Å²) in [6, 6.07) is 0. The van der Waals surface area contributed by atoms with E-state index in [0.717, 1.165) is 57.8 Å². The van der Waals surface area contributed by atoms with Gasteiger partial charge in [0.05, 0.1) is 0 Å².